The minimum absolute atomic E-state index is 0.188. The number of esters is 1. The van der Waals surface area contributed by atoms with Gasteiger partial charge in [0.15, 0.2) is 0 Å². The number of hydrogen-bond donors (Lipinski definition) is 1. The minimum Gasteiger partial charge on any atom is -0.467 e. The van der Waals surface area contributed by atoms with E-state index in [0.717, 1.165) is 24.3 Å². The molecule has 0 fully saturated rings. The fourth-order valence-corrected chi connectivity index (χ4v) is 3.54. The summed E-state index contributed by atoms with van der Waals surface area (Å²) in [5, 5.41) is 3.32. The van der Waals surface area contributed by atoms with Crippen LogP contribution in [0.2, 0.25) is 0 Å². The molecule has 1 atom stereocenters. The van der Waals surface area contributed by atoms with Gasteiger partial charge in [-0.2, -0.15) is 0 Å². The van der Waals surface area contributed by atoms with Crippen molar-refractivity contribution < 1.29 is 9.53 Å². The molecule has 3 nitrogen and oxygen atoms in total. The van der Waals surface area contributed by atoms with E-state index < -0.39 is 5.54 Å². The number of hydrogen-bond acceptors (Lipinski definition) is 4. The van der Waals surface area contributed by atoms with Gasteiger partial charge < -0.3 is 4.74 Å². The number of thioether (sulfide) groups is 1. The fraction of sp³-hybridized carbons (Fsp3) is 0.462. The lowest BCUT2D eigenvalue weighted by atomic mass is 9.86. The van der Waals surface area contributed by atoms with Crippen LogP contribution >= 0.6 is 11.8 Å². The molecule has 17 heavy (non-hydrogen) atoms. The van der Waals surface area contributed by atoms with E-state index in [2.05, 4.69) is 11.4 Å². The molecule has 1 aliphatic rings. The van der Waals surface area contributed by atoms with Crippen molar-refractivity contribution in [3.05, 3.63) is 29.8 Å². The first kappa shape index (κ1) is 12.5. The first-order chi connectivity index (χ1) is 8.24. The molecule has 1 N–H and O–H groups in total. The predicted molar refractivity (Wildman–Crippen MR) is 69.2 cm³/mol. The van der Waals surface area contributed by atoms with Crippen molar-refractivity contribution in [2.75, 3.05) is 19.4 Å². The van der Waals surface area contributed by atoms with E-state index in [1.165, 1.54) is 12.0 Å². The molecule has 0 aromatic heterocycles. The van der Waals surface area contributed by atoms with Crippen molar-refractivity contribution in [1.29, 1.82) is 0 Å². The highest BCUT2D eigenvalue weighted by atomic mass is 32.2. The molecule has 4 heteroatoms. The van der Waals surface area contributed by atoms with E-state index in [-0.39, 0.29) is 5.97 Å². The molecule has 1 aliphatic heterocycles. The van der Waals surface area contributed by atoms with Crippen molar-refractivity contribution >= 4 is 17.7 Å². The molecule has 0 amide bonds. The number of nitrogens with one attached hydrogen (secondary N) is 1. The lowest BCUT2D eigenvalue weighted by Gasteiger charge is -2.36. The Morgan fingerprint density at radius 1 is 1.53 bits per heavy atom. The maximum atomic E-state index is 12.1. The van der Waals surface area contributed by atoms with Crippen LogP contribution in [0.1, 0.15) is 18.9 Å². The average Bonchev–Trinajstić information content (AvgIpc) is 2.38. The Morgan fingerprint density at radius 3 is 3.00 bits per heavy atom. The number of rotatable bonds is 3. The van der Waals surface area contributed by atoms with Gasteiger partial charge in [-0.05, 0) is 24.6 Å². The van der Waals surface area contributed by atoms with Gasteiger partial charge in [-0.1, -0.05) is 25.1 Å². The lowest BCUT2D eigenvalue weighted by molar-refractivity contribution is -0.149. The third kappa shape index (κ3) is 2.07. The summed E-state index contributed by atoms with van der Waals surface area (Å²) in [4.78, 5) is 13.3. The first-order valence-electron chi connectivity index (χ1n) is 5.80. The Labute approximate surface area is 106 Å². The predicted octanol–water partition coefficient (Wildman–Crippen LogP) is 2.16. The van der Waals surface area contributed by atoms with Gasteiger partial charge in [0, 0.05) is 10.6 Å². The summed E-state index contributed by atoms with van der Waals surface area (Å²) in [6.45, 7) is 2.75. The van der Waals surface area contributed by atoms with Crippen LogP contribution in [0.3, 0.4) is 0 Å². The highest BCUT2D eigenvalue weighted by Crippen LogP contribution is 2.40. The van der Waals surface area contributed by atoms with Gasteiger partial charge in [0.05, 0.1) is 7.11 Å². The van der Waals surface area contributed by atoms with Gasteiger partial charge in [0.2, 0.25) is 0 Å². The van der Waals surface area contributed by atoms with E-state index in [1.807, 2.05) is 25.1 Å². The summed E-state index contributed by atoms with van der Waals surface area (Å²) < 4.78 is 4.99. The highest BCUT2D eigenvalue weighted by Gasteiger charge is 2.43. The molecule has 0 saturated carbocycles. The molecule has 1 aromatic carbocycles. The normalized spacial score (nSPS) is 22.9. The number of methoxy groups -OCH3 is 1. The quantitative estimate of drug-likeness (QED) is 0.836. The second-order valence-corrected chi connectivity index (χ2v) is 5.16. The van der Waals surface area contributed by atoms with E-state index >= 15 is 0 Å². The van der Waals surface area contributed by atoms with Crippen molar-refractivity contribution in [2.24, 2.45) is 0 Å². The maximum Gasteiger partial charge on any atom is 0.330 e. The summed E-state index contributed by atoms with van der Waals surface area (Å²) in [6.07, 6.45) is 0.773. The second kappa shape index (κ2) is 5.10. The van der Waals surface area contributed by atoms with Crippen molar-refractivity contribution in [3.8, 4) is 0 Å². The summed E-state index contributed by atoms with van der Waals surface area (Å²) >= 11 is 1.80. The van der Waals surface area contributed by atoms with Crippen LogP contribution in [0.4, 0.5) is 0 Å². The summed E-state index contributed by atoms with van der Waals surface area (Å²) in [5.74, 6) is 0.742. The fourth-order valence-electron chi connectivity index (χ4n) is 2.34. The molecule has 0 aliphatic carbocycles. The summed E-state index contributed by atoms with van der Waals surface area (Å²) in [5.41, 5.74) is 0.385. The Hall–Kier alpha value is -1.00. The molecule has 92 valence electrons. The Morgan fingerprint density at radius 2 is 2.29 bits per heavy atom. The molecule has 0 spiro atoms. The molecular formula is C13H17NO2S. The molecule has 1 aromatic rings. The van der Waals surface area contributed by atoms with Crippen LogP contribution in [-0.2, 0) is 15.1 Å². The van der Waals surface area contributed by atoms with Crippen LogP contribution in [0.15, 0.2) is 29.2 Å². The van der Waals surface area contributed by atoms with Crippen molar-refractivity contribution in [2.45, 2.75) is 23.8 Å². The van der Waals surface area contributed by atoms with E-state index in [0.29, 0.717) is 0 Å². The van der Waals surface area contributed by atoms with Gasteiger partial charge in [-0.25, -0.2) is 4.79 Å². The number of carbonyl (C=O) groups is 1. The number of benzene rings is 1. The third-order valence-electron chi connectivity index (χ3n) is 3.09. The summed E-state index contributed by atoms with van der Waals surface area (Å²) in [7, 11) is 1.45. The van der Waals surface area contributed by atoms with Gasteiger partial charge in [-0.3, -0.25) is 5.32 Å². The molecule has 0 saturated heterocycles. The summed E-state index contributed by atoms with van der Waals surface area (Å²) in [6, 6.07) is 8.06. The van der Waals surface area contributed by atoms with Crippen LogP contribution in [-0.4, -0.2) is 25.4 Å². The SMILES string of the molecule is CCNC1(C(=O)OC)CCSc2ccccc21. The average molecular weight is 251 g/mol. The Balaban J connectivity index is 2.50. The Bertz CT molecular complexity index is 422. The molecule has 1 unspecified atom stereocenters. The topological polar surface area (TPSA) is 38.3 Å². The van der Waals surface area contributed by atoms with Crippen LogP contribution < -0.4 is 5.32 Å². The van der Waals surface area contributed by atoms with E-state index in [9.17, 15) is 4.79 Å². The zero-order valence-electron chi connectivity index (χ0n) is 10.2. The Kier molecular flexibility index (Phi) is 3.74. The largest absolute Gasteiger partial charge is 0.467 e. The van der Waals surface area contributed by atoms with Crippen molar-refractivity contribution in [3.63, 3.8) is 0 Å². The molecule has 2 rings (SSSR count). The van der Waals surface area contributed by atoms with Crippen LogP contribution in [0.25, 0.3) is 0 Å². The number of ether oxygens (including phenoxy) is 1. The number of likely N-dealkylation sites (N-methyl/N-ethyl adjacent to an activating group) is 1. The van der Waals surface area contributed by atoms with E-state index in [4.69, 9.17) is 4.74 Å². The molecule has 0 radical (unpaired) electrons. The number of fused-ring (bicyclic) bond motifs is 1. The third-order valence-corrected chi connectivity index (χ3v) is 4.17. The van der Waals surface area contributed by atoms with Crippen LogP contribution in [0.5, 0.6) is 0 Å². The van der Waals surface area contributed by atoms with Crippen LogP contribution in [0, 0.1) is 0 Å². The standard InChI is InChI=1S/C13H17NO2S/c1-3-14-13(12(15)16-2)8-9-17-11-7-5-4-6-10(11)13/h4-7,14H,3,8-9H2,1-2H3. The van der Waals surface area contributed by atoms with Gasteiger partial charge >= 0.3 is 5.97 Å². The second-order valence-electron chi connectivity index (χ2n) is 4.02. The minimum atomic E-state index is -0.661. The van der Waals surface area contributed by atoms with E-state index in [1.54, 1.807) is 11.8 Å². The monoisotopic (exact) mass is 251 g/mol. The molecule has 1 heterocycles. The zero-order valence-corrected chi connectivity index (χ0v) is 11.0. The first-order valence-corrected chi connectivity index (χ1v) is 6.79. The van der Waals surface area contributed by atoms with Gasteiger partial charge in [0.1, 0.15) is 5.54 Å². The molecule has 0 bridgehead atoms. The zero-order chi connectivity index (χ0) is 12.3. The molecular weight excluding hydrogens is 234 g/mol. The smallest absolute Gasteiger partial charge is 0.330 e. The maximum absolute atomic E-state index is 12.1. The highest BCUT2D eigenvalue weighted by molar-refractivity contribution is 7.99. The van der Waals surface area contributed by atoms with Gasteiger partial charge in [0.25, 0.3) is 0 Å². The van der Waals surface area contributed by atoms with Crippen molar-refractivity contribution in [1.82, 2.24) is 5.32 Å². The lowest BCUT2D eigenvalue weighted by Crippen LogP contribution is -2.51. The number of carbonyl (C=O) groups excluding carboxylic acids is 1. The van der Waals surface area contributed by atoms with Gasteiger partial charge in [-0.15, -0.1) is 11.8 Å².